The van der Waals surface area contributed by atoms with Gasteiger partial charge >= 0.3 is 0 Å². The first-order valence-corrected chi connectivity index (χ1v) is 8.87. The lowest BCUT2D eigenvalue weighted by atomic mass is 9.67. The molecule has 0 heterocycles. The summed E-state index contributed by atoms with van der Waals surface area (Å²) < 4.78 is 0. The average molecular weight is 306 g/mol. The van der Waals surface area contributed by atoms with Crippen LogP contribution in [-0.4, -0.2) is 21.9 Å². The molecule has 2 heteroatoms. The van der Waals surface area contributed by atoms with Crippen LogP contribution >= 0.6 is 0 Å². The van der Waals surface area contributed by atoms with Gasteiger partial charge in [-0.3, -0.25) is 0 Å². The average Bonchev–Trinajstić information content (AvgIpc) is 2.71. The highest BCUT2D eigenvalue weighted by Gasteiger charge is 2.50. The molecule has 0 aromatic rings. The Morgan fingerprint density at radius 2 is 1.95 bits per heavy atom. The molecule has 2 aliphatic carbocycles. The zero-order chi connectivity index (χ0) is 16.5. The van der Waals surface area contributed by atoms with E-state index in [1.807, 2.05) is 13.8 Å². The maximum atomic E-state index is 10.6. The molecule has 2 aliphatic rings. The first-order valence-electron chi connectivity index (χ1n) is 8.87. The van der Waals surface area contributed by atoms with Crippen LogP contribution < -0.4 is 0 Å². The minimum absolute atomic E-state index is 0.109. The van der Waals surface area contributed by atoms with Gasteiger partial charge in [-0.05, 0) is 88.5 Å². The third-order valence-electron chi connectivity index (χ3n) is 6.25. The molecule has 0 amide bonds. The van der Waals surface area contributed by atoms with Gasteiger partial charge in [-0.1, -0.05) is 25.2 Å². The zero-order valence-electron chi connectivity index (χ0n) is 14.9. The number of hydrogen-bond donors (Lipinski definition) is 2. The number of allylic oxidation sites excluding steroid dienone is 2. The molecule has 0 saturated heterocycles. The fourth-order valence-corrected chi connectivity index (χ4v) is 4.75. The summed E-state index contributed by atoms with van der Waals surface area (Å²) in [5, 5.41) is 21.2. The van der Waals surface area contributed by atoms with Crippen LogP contribution in [0.3, 0.4) is 0 Å². The van der Waals surface area contributed by atoms with Gasteiger partial charge in [0.25, 0.3) is 0 Å². The van der Waals surface area contributed by atoms with Crippen LogP contribution in [-0.2, 0) is 0 Å². The Morgan fingerprint density at radius 1 is 1.27 bits per heavy atom. The van der Waals surface area contributed by atoms with Crippen molar-refractivity contribution in [3.05, 3.63) is 23.8 Å². The van der Waals surface area contributed by atoms with Crippen molar-refractivity contribution < 1.29 is 10.2 Å². The molecule has 1 saturated carbocycles. The molecule has 0 aromatic heterocycles. The molecule has 0 radical (unpaired) electrons. The van der Waals surface area contributed by atoms with E-state index in [0.717, 1.165) is 50.5 Å². The summed E-state index contributed by atoms with van der Waals surface area (Å²) in [4.78, 5) is 0. The Labute approximate surface area is 136 Å². The lowest BCUT2D eigenvalue weighted by Gasteiger charge is -2.40. The quantitative estimate of drug-likeness (QED) is 0.694. The molecular weight excluding hydrogens is 272 g/mol. The molecule has 0 aliphatic heterocycles. The number of aliphatic hydroxyl groups is 2. The van der Waals surface area contributed by atoms with Crippen LogP contribution in [0.15, 0.2) is 23.8 Å². The maximum absolute atomic E-state index is 10.6. The van der Waals surface area contributed by atoms with E-state index in [1.54, 1.807) is 0 Å². The third kappa shape index (κ3) is 3.83. The smallest absolute Gasteiger partial charge is 0.0752 e. The van der Waals surface area contributed by atoms with E-state index in [0.29, 0.717) is 11.8 Å². The van der Waals surface area contributed by atoms with E-state index in [9.17, 15) is 10.2 Å². The third-order valence-corrected chi connectivity index (χ3v) is 6.25. The molecule has 2 nitrogen and oxygen atoms in total. The summed E-state index contributed by atoms with van der Waals surface area (Å²) in [6, 6.07) is 0. The Hall–Kier alpha value is -0.600. The fourth-order valence-electron chi connectivity index (χ4n) is 4.75. The van der Waals surface area contributed by atoms with Crippen molar-refractivity contribution in [2.24, 2.45) is 17.3 Å². The molecule has 22 heavy (non-hydrogen) atoms. The number of rotatable bonds is 1. The molecule has 4 unspecified atom stereocenters. The fraction of sp³-hybridized carbons (Fsp3) is 0.800. The lowest BCUT2D eigenvalue weighted by Crippen LogP contribution is -2.38. The SMILES string of the molecule is C=C1CC/C=C(/C)CCC2C(C(C)(C)O)CCC2(C)CC1O. The van der Waals surface area contributed by atoms with Crippen molar-refractivity contribution in [1.29, 1.82) is 0 Å². The van der Waals surface area contributed by atoms with Crippen LogP contribution in [0.1, 0.15) is 72.6 Å². The lowest BCUT2D eigenvalue weighted by molar-refractivity contribution is -0.0226. The molecule has 0 bridgehead atoms. The van der Waals surface area contributed by atoms with Crippen molar-refractivity contribution in [1.82, 2.24) is 0 Å². The molecule has 2 N–H and O–H groups in total. The summed E-state index contributed by atoms with van der Waals surface area (Å²) >= 11 is 0. The second-order valence-electron chi connectivity index (χ2n) is 8.57. The van der Waals surface area contributed by atoms with E-state index in [4.69, 9.17) is 0 Å². The van der Waals surface area contributed by atoms with Gasteiger partial charge in [0.05, 0.1) is 11.7 Å². The van der Waals surface area contributed by atoms with Gasteiger partial charge in [-0.25, -0.2) is 0 Å². The second-order valence-corrected chi connectivity index (χ2v) is 8.57. The summed E-state index contributed by atoms with van der Waals surface area (Å²) in [5.74, 6) is 0.794. The maximum Gasteiger partial charge on any atom is 0.0752 e. The Balaban J connectivity index is 2.30. The van der Waals surface area contributed by atoms with Crippen LogP contribution in [0.25, 0.3) is 0 Å². The van der Waals surface area contributed by atoms with Crippen molar-refractivity contribution in [2.75, 3.05) is 0 Å². The molecule has 0 spiro atoms. The van der Waals surface area contributed by atoms with Crippen molar-refractivity contribution in [3.63, 3.8) is 0 Å². The van der Waals surface area contributed by atoms with Crippen molar-refractivity contribution in [3.8, 4) is 0 Å². The van der Waals surface area contributed by atoms with E-state index in [1.165, 1.54) is 5.57 Å². The van der Waals surface area contributed by atoms with E-state index in [2.05, 4.69) is 26.5 Å². The monoisotopic (exact) mass is 306 g/mol. The molecule has 0 aromatic carbocycles. The van der Waals surface area contributed by atoms with Crippen LogP contribution in [0.2, 0.25) is 0 Å². The van der Waals surface area contributed by atoms with E-state index in [-0.39, 0.29) is 5.41 Å². The first-order chi connectivity index (χ1) is 10.1. The largest absolute Gasteiger partial charge is 0.390 e. The predicted octanol–water partition coefficient (Wildman–Crippen LogP) is 4.62. The van der Waals surface area contributed by atoms with Crippen LogP contribution in [0.4, 0.5) is 0 Å². The number of fused-ring (bicyclic) bond motifs is 1. The molecule has 2 rings (SSSR count). The summed E-state index contributed by atoms with van der Waals surface area (Å²) in [6.07, 6.45) is 8.94. The number of aliphatic hydroxyl groups excluding tert-OH is 1. The van der Waals surface area contributed by atoms with E-state index < -0.39 is 11.7 Å². The number of hydrogen-bond acceptors (Lipinski definition) is 2. The standard InChI is InChI=1S/C20H34O2/c1-14-7-6-8-15(2)18(21)13-20(5)12-11-16(19(3,4)22)17(20)10-9-14/h7,16-18,21-22H,2,6,8-13H2,1,3-5H3/b14-7-. The highest BCUT2D eigenvalue weighted by molar-refractivity contribution is 5.11. The van der Waals surface area contributed by atoms with Gasteiger partial charge in [-0.2, -0.15) is 0 Å². The van der Waals surface area contributed by atoms with Gasteiger partial charge in [-0.15, -0.1) is 0 Å². The summed E-state index contributed by atoms with van der Waals surface area (Å²) in [7, 11) is 0. The molecular formula is C20H34O2. The van der Waals surface area contributed by atoms with Gasteiger partial charge < -0.3 is 10.2 Å². The predicted molar refractivity (Wildman–Crippen MR) is 92.6 cm³/mol. The second kappa shape index (κ2) is 6.49. The topological polar surface area (TPSA) is 40.5 Å². The van der Waals surface area contributed by atoms with Crippen molar-refractivity contribution >= 4 is 0 Å². The van der Waals surface area contributed by atoms with Gasteiger partial charge in [0, 0.05) is 0 Å². The van der Waals surface area contributed by atoms with Gasteiger partial charge in [0.15, 0.2) is 0 Å². The molecule has 4 atom stereocenters. The Bertz CT molecular complexity index is 443. The molecule has 1 fully saturated rings. The summed E-state index contributed by atoms with van der Waals surface area (Å²) in [5.41, 5.74) is 1.88. The van der Waals surface area contributed by atoms with E-state index >= 15 is 0 Å². The highest BCUT2D eigenvalue weighted by atomic mass is 16.3. The first kappa shape index (κ1) is 17.7. The Morgan fingerprint density at radius 3 is 2.59 bits per heavy atom. The van der Waals surface area contributed by atoms with Crippen LogP contribution in [0, 0.1) is 17.3 Å². The minimum atomic E-state index is -0.637. The normalized spacial score (nSPS) is 40.5. The highest BCUT2D eigenvalue weighted by Crippen LogP contribution is 2.55. The Kier molecular flexibility index (Phi) is 5.23. The minimum Gasteiger partial charge on any atom is -0.390 e. The van der Waals surface area contributed by atoms with Gasteiger partial charge in [0.1, 0.15) is 0 Å². The zero-order valence-corrected chi connectivity index (χ0v) is 14.9. The molecule has 126 valence electrons. The van der Waals surface area contributed by atoms with Crippen molar-refractivity contribution in [2.45, 2.75) is 84.3 Å². The summed E-state index contributed by atoms with van der Waals surface area (Å²) in [6.45, 7) is 12.5. The van der Waals surface area contributed by atoms with Gasteiger partial charge in [0.2, 0.25) is 0 Å². The van der Waals surface area contributed by atoms with Crippen LogP contribution in [0.5, 0.6) is 0 Å².